The van der Waals surface area contributed by atoms with Crippen LogP contribution in [0.25, 0.3) is 0 Å². The van der Waals surface area contributed by atoms with Crippen molar-refractivity contribution in [3.63, 3.8) is 0 Å². The van der Waals surface area contributed by atoms with Crippen LogP contribution in [0.2, 0.25) is 10.0 Å². The normalized spacial score (nSPS) is 17.1. The van der Waals surface area contributed by atoms with Gasteiger partial charge in [0.15, 0.2) is 12.2 Å². The minimum Gasteiger partial charge on any atom is -0.479 e. The van der Waals surface area contributed by atoms with Gasteiger partial charge in [-0.3, -0.25) is 0 Å². The molecule has 1 aliphatic heterocycles. The Morgan fingerprint density at radius 1 is 1.03 bits per heavy atom. The Morgan fingerprint density at radius 2 is 1.62 bits per heavy atom. The molecule has 0 aromatic heterocycles. The number of aliphatic carboxylic acids is 2. The zero-order chi connectivity index (χ0) is 24.0. The van der Waals surface area contributed by atoms with Crippen LogP contribution >= 0.6 is 23.2 Å². The van der Waals surface area contributed by atoms with Crippen molar-refractivity contribution in [1.29, 1.82) is 0 Å². The van der Waals surface area contributed by atoms with Crippen LogP contribution in [0, 0.1) is 0 Å². The fourth-order valence-corrected chi connectivity index (χ4v) is 3.73. The quantitative estimate of drug-likeness (QED) is 0.493. The van der Waals surface area contributed by atoms with Crippen LogP contribution < -0.4 is 4.90 Å². The minimum absolute atomic E-state index is 0.331. The minimum atomic E-state index is -2.27. The van der Waals surface area contributed by atoms with Crippen molar-refractivity contribution in [2.75, 3.05) is 32.1 Å². The predicted molar refractivity (Wildman–Crippen MR) is 123 cm³/mol. The highest BCUT2D eigenvalue weighted by atomic mass is 35.5. The Hall–Kier alpha value is -2.36. The van der Waals surface area contributed by atoms with Gasteiger partial charge in [-0.1, -0.05) is 47.5 Å². The number of anilines is 1. The monoisotopic (exact) mass is 484 g/mol. The summed E-state index contributed by atoms with van der Waals surface area (Å²) in [7, 11) is 4.23. The maximum Gasteiger partial charge on any atom is 0.335 e. The number of halogens is 2. The van der Waals surface area contributed by atoms with Gasteiger partial charge >= 0.3 is 11.9 Å². The van der Waals surface area contributed by atoms with E-state index in [1.54, 1.807) is 0 Å². The van der Waals surface area contributed by atoms with E-state index in [9.17, 15) is 9.59 Å². The van der Waals surface area contributed by atoms with Crippen LogP contribution in [0.3, 0.4) is 0 Å². The van der Waals surface area contributed by atoms with Gasteiger partial charge in [0.05, 0.1) is 16.1 Å². The molecule has 3 rings (SSSR count). The summed E-state index contributed by atoms with van der Waals surface area (Å²) in [6.45, 7) is 1.96. The molecule has 2 aromatic carbocycles. The highest BCUT2D eigenvalue weighted by Gasteiger charge is 2.29. The van der Waals surface area contributed by atoms with Gasteiger partial charge in [0, 0.05) is 18.8 Å². The Labute approximate surface area is 196 Å². The summed E-state index contributed by atoms with van der Waals surface area (Å²) in [5.41, 5.74) is 4.00. The van der Waals surface area contributed by atoms with E-state index in [-0.39, 0.29) is 0 Å². The average molecular weight is 485 g/mol. The van der Waals surface area contributed by atoms with Crippen molar-refractivity contribution in [3.05, 3.63) is 63.6 Å². The number of rotatable bonds is 6. The molecule has 2 aromatic rings. The van der Waals surface area contributed by atoms with Crippen LogP contribution in [-0.4, -0.2) is 76.7 Å². The lowest BCUT2D eigenvalue weighted by molar-refractivity contribution is -0.165. The van der Waals surface area contributed by atoms with Gasteiger partial charge in [0.1, 0.15) is 0 Å². The third kappa shape index (κ3) is 6.57. The first-order valence-electron chi connectivity index (χ1n) is 9.79. The first kappa shape index (κ1) is 25.9. The molecule has 10 heteroatoms. The summed E-state index contributed by atoms with van der Waals surface area (Å²) in [5.74, 6) is -3.54. The summed E-state index contributed by atoms with van der Waals surface area (Å²) < 4.78 is 0. The zero-order valence-corrected chi connectivity index (χ0v) is 19.2. The lowest BCUT2D eigenvalue weighted by Crippen LogP contribution is -2.40. The van der Waals surface area contributed by atoms with E-state index in [0.717, 1.165) is 25.2 Å². The summed E-state index contributed by atoms with van der Waals surface area (Å²) in [6, 6.07) is 15.0. The van der Waals surface area contributed by atoms with Gasteiger partial charge in [0.2, 0.25) is 0 Å². The van der Waals surface area contributed by atoms with E-state index in [1.807, 2.05) is 12.1 Å². The largest absolute Gasteiger partial charge is 0.479 e. The number of likely N-dealkylation sites (N-methyl/N-ethyl adjacent to an activating group) is 1. The Morgan fingerprint density at radius 3 is 2.16 bits per heavy atom. The molecule has 0 fully saturated rings. The van der Waals surface area contributed by atoms with E-state index in [4.69, 9.17) is 43.6 Å². The van der Waals surface area contributed by atoms with Crippen LogP contribution in [0.5, 0.6) is 0 Å². The highest BCUT2D eigenvalue weighted by Crippen LogP contribution is 2.36. The molecule has 8 nitrogen and oxygen atoms in total. The Kier molecular flexibility index (Phi) is 9.30. The molecular formula is C22H26Cl2N2O6. The second kappa shape index (κ2) is 11.5. The molecule has 4 N–H and O–H groups in total. The average Bonchev–Trinajstić information content (AvgIpc) is 2.75. The molecule has 0 saturated carbocycles. The molecule has 1 heterocycles. The summed E-state index contributed by atoms with van der Waals surface area (Å²) >= 11 is 12.3. The maximum absolute atomic E-state index is 9.77. The number of benzene rings is 2. The number of nitrogens with zero attached hydrogens (tertiary/aromatic N) is 2. The predicted octanol–water partition coefficient (Wildman–Crippen LogP) is 2.54. The third-order valence-electron chi connectivity index (χ3n) is 4.99. The summed E-state index contributed by atoms with van der Waals surface area (Å²) in [6.07, 6.45) is -3.48. The van der Waals surface area contributed by atoms with E-state index in [0.29, 0.717) is 16.1 Å². The van der Waals surface area contributed by atoms with Crippen LogP contribution in [0.15, 0.2) is 42.5 Å². The molecule has 32 heavy (non-hydrogen) atoms. The number of carbonyl (C=O) groups is 2. The van der Waals surface area contributed by atoms with Crippen molar-refractivity contribution in [3.8, 4) is 0 Å². The van der Waals surface area contributed by atoms with E-state index < -0.39 is 24.1 Å². The molecule has 0 amide bonds. The van der Waals surface area contributed by atoms with Gasteiger partial charge in [-0.2, -0.15) is 0 Å². The molecule has 0 saturated heterocycles. The van der Waals surface area contributed by atoms with E-state index >= 15 is 0 Å². The summed E-state index contributed by atoms with van der Waals surface area (Å²) in [5, 5.41) is 33.7. The number of aliphatic hydroxyl groups excluding tert-OH is 2. The number of hydrogen-bond donors (Lipinski definition) is 4. The Bertz CT molecular complexity index is 938. The molecule has 0 radical (unpaired) electrons. The van der Waals surface area contributed by atoms with Crippen molar-refractivity contribution in [2.24, 2.45) is 0 Å². The van der Waals surface area contributed by atoms with Crippen molar-refractivity contribution in [2.45, 2.75) is 24.7 Å². The number of aliphatic hydroxyl groups is 2. The van der Waals surface area contributed by atoms with Crippen molar-refractivity contribution < 1.29 is 30.0 Å². The van der Waals surface area contributed by atoms with Crippen molar-refractivity contribution >= 4 is 40.8 Å². The standard InChI is InChI=1S/C18H20Cl2N2.C4H6O6/c1-21(2)12-18-15-6-4-3-5-13(15)9-10-22(18)14-7-8-16(19)17(20)11-14;5-1(3(7)8)2(6)4(9)10/h3-8,11,18H,9-10,12H2,1-2H3;1-2,5-6H,(H,7,8)(H,9,10). The first-order valence-corrected chi connectivity index (χ1v) is 10.5. The second-order valence-electron chi connectivity index (χ2n) is 7.58. The number of carboxylic acid groups (broad SMARTS) is 2. The van der Waals surface area contributed by atoms with Crippen LogP contribution in [0.1, 0.15) is 17.2 Å². The van der Waals surface area contributed by atoms with Crippen LogP contribution in [0.4, 0.5) is 5.69 Å². The van der Waals surface area contributed by atoms with Gasteiger partial charge in [-0.05, 0) is 49.8 Å². The SMILES string of the molecule is CN(C)CC1c2ccccc2CCN1c1ccc(Cl)c(Cl)c1.O=C(O)C(O)C(O)C(=O)O. The lowest BCUT2D eigenvalue weighted by atomic mass is 9.91. The molecular weight excluding hydrogens is 459 g/mol. The van der Waals surface area contributed by atoms with E-state index in [2.05, 4.69) is 54.2 Å². The second-order valence-corrected chi connectivity index (χ2v) is 8.40. The first-order chi connectivity index (χ1) is 15.0. The smallest absolute Gasteiger partial charge is 0.335 e. The fraction of sp³-hybridized carbons (Fsp3) is 0.364. The Balaban J connectivity index is 0.000000309. The topological polar surface area (TPSA) is 122 Å². The van der Waals surface area contributed by atoms with Gasteiger partial charge in [-0.25, -0.2) is 9.59 Å². The van der Waals surface area contributed by atoms with Gasteiger partial charge in [0.25, 0.3) is 0 Å². The van der Waals surface area contributed by atoms with E-state index in [1.165, 1.54) is 11.1 Å². The van der Waals surface area contributed by atoms with Gasteiger partial charge in [-0.15, -0.1) is 0 Å². The maximum atomic E-state index is 9.77. The fourth-order valence-electron chi connectivity index (χ4n) is 3.44. The molecule has 174 valence electrons. The van der Waals surface area contributed by atoms with Crippen molar-refractivity contribution in [1.82, 2.24) is 4.90 Å². The number of hydrogen-bond acceptors (Lipinski definition) is 6. The molecule has 3 atom stereocenters. The summed E-state index contributed by atoms with van der Waals surface area (Å²) in [4.78, 5) is 24.2. The molecule has 0 aliphatic carbocycles. The van der Waals surface area contributed by atoms with Crippen LogP contribution in [-0.2, 0) is 16.0 Å². The third-order valence-corrected chi connectivity index (χ3v) is 5.73. The number of fused-ring (bicyclic) bond motifs is 1. The highest BCUT2D eigenvalue weighted by molar-refractivity contribution is 6.42. The molecule has 3 unspecified atom stereocenters. The molecule has 0 spiro atoms. The molecule has 0 bridgehead atoms. The molecule has 1 aliphatic rings. The number of carboxylic acids is 2. The van der Waals surface area contributed by atoms with Gasteiger partial charge < -0.3 is 30.2 Å². The zero-order valence-electron chi connectivity index (χ0n) is 17.7. The lowest BCUT2D eigenvalue weighted by Gasteiger charge is -2.40.